The fourth-order valence-corrected chi connectivity index (χ4v) is 2.47. The van der Waals surface area contributed by atoms with E-state index in [9.17, 15) is 10.1 Å². The van der Waals surface area contributed by atoms with E-state index in [0.29, 0.717) is 11.6 Å². The van der Waals surface area contributed by atoms with Crippen molar-refractivity contribution in [2.45, 2.75) is 0 Å². The summed E-state index contributed by atoms with van der Waals surface area (Å²) in [5.74, 6) is 0.946. The van der Waals surface area contributed by atoms with Crippen LogP contribution in [-0.4, -0.2) is 21.9 Å². The molecule has 0 amide bonds. The van der Waals surface area contributed by atoms with Crippen LogP contribution >= 0.6 is 11.3 Å². The van der Waals surface area contributed by atoms with Gasteiger partial charge in [0, 0.05) is 7.05 Å². The predicted molar refractivity (Wildman–Crippen MR) is 71.3 cm³/mol. The Morgan fingerprint density at radius 1 is 1.37 bits per heavy atom. The largest absolute Gasteiger partial charge is 0.433 e. The molecule has 0 saturated heterocycles. The Morgan fingerprint density at radius 2 is 2.21 bits per heavy atom. The third-order valence-electron chi connectivity index (χ3n) is 2.55. The van der Waals surface area contributed by atoms with E-state index in [0.717, 1.165) is 10.2 Å². The number of hydrogen-bond donors (Lipinski definition) is 1. The van der Waals surface area contributed by atoms with Gasteiger partial charge in [0.05, 0.1) is 11.5 Å². The molecule has 0 aliphatic heterocycles. The summed E-state index contributed by atoms with van der Waals surface area (Å²) >= 11 is 1.47. The first-order valence-corrected chi connectivity index (χ1v) is 6.24. The quantitative estimate of drug-likeness (QED) is 0.584. The number of hydrogen-bond acceptors (Lipinski definition) is 7. The van der Waals surface area contributed by atoms with Crippen LogP contribution < -0.4 is 5.32 Å². The molecule has 0 aliphatic rings. The third kappa shape index (κ3) is 1.91. The lowest BCUT2D eigenvalue weighted by molar-refractivity contribution is -0.401. The summed E-state index contributed by atoms with van der Waals surface area (Å²) in [6.45, 7) is 0. The number of nitrogens with zero attached hydrogens (tertiary/aromatic N) is 3. The lowest BCUT2D eigenvalue weighted by atomic mass is 10.3. The second-order valence-electron chi connectivity index (χ2n) is 3.68. The molecule has 1 N–H and O–H groups in total. The first-order chi connectivity index (χ1) is 9.19. The maximum Gasteiger partial charge on any atom is 0.433 e. The van der Waals surface area contributed by atoms with Gasteiger partial charge in [-0.1, -0.05) is 0 Å². The van der Waals surface area contributed by atoms with Crippen molar-refractivity contribution in [2.24, 2.45) is 0 Å². The van der Waals surface area contributed by atoms with E-state index in [4.69, 9.17) is 4.42 Å². The highest BCUT2D eigenvalue weighted by atomic mass is 32.1. The Balaban J connectivity index is 2.15. The van der Waals surface area contributed by atoms with E-state index in [1.54, 1.807) is 7.05 Å². The van der Waals surface area contributed by atoms with Gasteiger partial charge >= 0.3 is 5.88 Å². The highest BCUT2D eigenvalue weighted by Gasteiger charge is 2.17. The van der Waals surface area contributed by atoms with Gasteiger partial charge in [0.2, 0.25) is 0 Å². The van der Waals surface area contributed by atoms with Crippen LogP contribution in [0.3, 0.4) is 0 Å². The molecule has 3 aromatic heterocycles. The highest BCUT2D eigenvalue weighted by molar-refractivity contribution is 7.16. The molecule has 0 bridgehead atoms. The summed E-state index contributed by atoms with van der Waals surface area (Å²) in [5, 5.41) is 16.4. The molecule has 0 radical (unpaired) electrons. The monoisotopic (exact) mass is 276 g/mol. The van der Waals surface area contributed by atoms with Gasteiger partial charge in [-0.3, -0.25) is 10.1 Å². The second kappa shape index (κ2) is 4.32. The Bertz CT molecular complexity index is 764. The number of fused-ring (bicyclic) bond motifs is 1. The van der Waals surface area contributed by atoms with Crippen molar-refractivity contribution in [3.63, 3.8) is 0 Å². The van der Waals surface area contributed by atoms with Gasteiger partial charge in [0.1, 0.15) is 15.6 Å². The molecule has 0 saturated carbocycles. The first kappa shape index (κ1) is 11.6. The fourth-order valence-electron chi connectivity index (χ4n) is 1.70. The number of anilines is 1. The van der Waals surface area contributed by atoms with Crippen molar-refractivity contribution in [3.8, 4) is 11.6 Å². The predicted octanol–water partition coefficient (Wildman–Crippen LogP) is 2.90. The molecule has 3 heterocycles. The summed E-state index contributed by atoms with van der Waals surface area (Å²) in [7, 11) is 1.76. The zero-order chi connectivity index (χ0) is 13.4. The molecule has 7 nitrogen and oxygen atoms in total. The molecule has 0 aliphatic carbocycles. The highest BCUT2D eigenvalue weighted by Crippen LogP contribution is 2.30. The van der Waals surface area contributed by atoms with Gasteiger partial charge in [0.15, 0.2) is 11.6 Å². The van der Waals surface area contributed by atoms with Crippen LogP contribution in [0, 0.1) is 10.1 Å². The Morgan fingerprint density at radius 3 is 2.89 bits per heavy atom. The summed E-state index contributed by atoms with van der Waals surface area (Å²) in [6.07, 6.45) is 0. The molecule has 19 heavy (non-hydrogen) atoms. The van der Waals surface area contributed by atoms with Gasteiger partial charge in [-0.2, -0.15) is 0 Å². The molecule has 0 spiro atoms. The fraction of sp³-hybridized carbons (Fsp3) is 0.0909. The van der Waals surface area contributed by atoms with Crippen molar-refractivity contribution in [1.82, 2.24) is 9.97 Å². The number of thiophene rings is 1. The lowest BCUT2D eigenvalue weighted by Crippen LogP contribution is -1.96. The van der Waals surface area contributed by atoms with Crippen LogP contribution in [0.25, 0.3) is 21.8 Å². The minimum absolute atomic E-state index is 0.276. The van der Waals surface area contributed by atoms with E-state index < -0.39 is 4.92 Å². The van der Waals surface area contributed by atoms with Crippen LogP contribution in [0.15, 0.2) is 28.0 Å². The zero-order valence-corrected chi connectivity index (χ0v) is 10.6. The van der Waals surface area contributed by atoms with Crippen molar-refractivity contribution in [2.75, 3.05) is 12.4 Å². The zero-order valence-electron chi connectivity index (χ0n) is 9.78. The normalized spacial score (nSPS) is 10.8. The Hall–Kier alpha value is -2.48. The van der Waals surface area contributed by atoms with Gasteiger partial charge in [-0.15, -0.1) is 11.3 Å². The van der Waals surface area contributed by atoms with Crippen LogP contribution in [0.4, 0.5) is 11.7 Å². The van der Waals surface area contributed by atoms with E-state index >= 15 is 0 Å². The van der Waals surface area contributed by atoms with Gasteiger partial charge < -0.3 is 9.73 Å². The van der Waals surface area contributed by atoms with Crippen molar-refractivity contribution in [3.05, 3.63) is 33.7 Å². The van der Waals surface area contributed by atoms with Crippen molar-refractivity contribution >= 4 is 33.3 Å². The summed E-state index contributed by atoms with van der Waals surface area (Å²) < 4.78 is 5.11. The standard InChI is InChI=1S/C11H8N4O3S/c1-12-9-6-4-5-19-11(6)14-10(13-9)7-2-3-8(18-7)15(16)17/h2-5H,1H3,(H,12,13,14). The molecule has 3 rings (SSSR count). The average molecular weight is 276 g/mol. The molecule has 3 aromatic rings. The first-order valence-electron chi connectivity index (χ1n) is 5.36. The number of nitro groups is 1. The van der Waals surface area contributed by atoms with Crippen LogP contribution in [0.2, 0.25) is 0 Å². The van der Waals surface area contributed by atoms with E-state index in [2.05, 4.69) is 15.3 Å². The lowest BCUT2D eigenvalue weighted by Gasteiger charge is -2.02. The van der Waals surface area contributed by atoms with Gasteiger partial charge in [-0.05, 0) is 17.5 Å². The van der Waals surface area contributed by atoms with Gasteiger partial charge in [-0.25, -0.2) is 9.97 Å². The molecular weight excluding hydrogens is 268 g/mol. The summed E-state index contributed by atoms with van der Waals surface area (Å²) in [6, 6.07) is 4.70. The minimum Gasteiger partial charge on any atom is -0.397 e. The molecule has 0 fully saturated rings. The molecule has 96 valence electrons. The molecule has 0 atom stereocenters. The Kier molecular flexibility index (Phi) is 2.64. The van der Waals surface area contributed by atoms with Crippen LogP contribution in [0.1, 0.15) is 0 Å². The SMILES string of the molecule is CNc1nc(-c2ccc([N+](=O)[O-])o2)nc2sccc12. The molecule has 0 aromatic carbocycles. The summed E-state index contributed by atoms with van der Waals surface area (Å²) in [5.41, 5.74) is 0. The van der Waals surface area contributed by atoms with Crippen LogP contribution in [0.5, 0.6) is 0 Å². The van der Waals surface area contributed by atoms with Gasteiger partial charge in [0.25, 0.3) is 0 Å². The Labute approximate surface area is 111 Å². The topological polar surface area (TPSA) is 94.1 Å². The van der Waals surface area contributed by atoms with E-state index in [1.807, 2.05) is 11.4 Å². The minimum atomic E-state index is -0.591. The molecule has 0 unspecified atom stereocenters. The third-order valence-corrected chi connectivity index (χ3v) is 3.36. The molecular formula is C11H8N4O3S. The number of aromatic nitrogens is 2. The maximum atomic E-state index is 10.6. The second-order valence-corrected chi connectivity index (χ2v) is 4.57. The average Bonchev–Trinajstić information content (AvgIpc) is 3.05. The smallest absolute Gasteiger partial charge is 0.397 e. The van der Waals surface area contributed by atoms with E-state index in [1.165, 1.54) is 23.5 Å². The number of nitrogens with one attached hydrogen (secondary N) is 1. The van der Waals surface area contributed by atoms with E-state index in [-0.39, 0.29) is 11.6 Å². The summed E-state index contributed by atoms with van der Waals surface area (Å²) in [4.78, 5) is 19.4. The number of furan rings is 1. The van der Waals surface area contributed by atoms with Crippen molar-refractivity contribution in [1.29, 1.82) is 0 Å². The maximum absolute atomic E-state index is 10.6. The van der Waals surface area contributed by atoms with Crippen LogP contribution in [-0.2, 0) is 0 Å². The number of rotatable bonds is 3. The van der Waals surface area contributed by atoms with Crippen molar-refractivity contribution < 1.29 is 9.34 Å². The molecule has 8 heteroatoms.